The number of alkyl halides is 6. The molecule has 3 atom stereocenters. The number of anilines is 2. The highest BCUT2D eigenvalue weighted by molar-refractivity contribution is 5.84. The molecule has 0 spiro atoms. The van der Waals surface area contributed by atoms with E-state index < -0.39 is 48.8 Å². The molecule has 1 aromatic heterocycles. The van der Waals surface area contributed by atoms with Gasteiger partial charge in [0.15, 0.2) is 5.88 Å². The monoisotopic (exact) mass is 761 g/mol. The Balaban J connectivity index is 0.000000321. The number of carbonyl (C=O) groups excluding carboxylic acids is 2. The van der Waals surface area contributed by atoms with Crippen LogP contribution in [0.4, 0.5) is 47.6 Å². The second-order valence-electron chi connectivity index (χ2n) is 11.7. The number of carbonyl (C=O) groups is 2. The molecule has 2 aliphatic heterocycles. The minimum atomic E-state index is -4.96. The molecular formula is C33H41F6N7O7. The molecule has 20 heteroatoms. The average molecular weight is 762 g/mol. The molecule has 0 saturated carbocycles. The van der Waals surface area contributed by atoms with E-state index >= 15 is 0 Å². The lowest BCUT2D eigenvalue weighted by Crippen LogP contribution is -2.52. The molecule has 1 fully saturated rings. The molecule has 2 unspecified atom stereocenters. The number of amides is 2. The predicted octanol–water partition coefficient (Wildman–Crippen LogP) is 6.90. The van der Waals surface area contributed by atoms with Crippen molar-refractivity contribution < 1.29 is 55.2 Å². The zero-order valence-corrected chi connectivity index (χ0v) is 29.3. The van der Waals surface area contributed by atoms with Crippen molar-refractivity contribution >= 4 is 23.8 Å². The van der Waals surface area contributed by atoms with Gasteiger partial charge < -0.3 is 29.5 Å². The number of fused-ring (bicyclic) bond motifs is 1. The molecule has 3 heterocycles. The van der Waals surface area contributed by atoms with Gasteiger partial charge in [-0.15, -0.1) is 0 Å². The first-order chi connectivity index (χ1) is 25.0. The highest BCUT2D eigenvalue weighted by atomic mass is 19.4. The normalized spacial score (nSPS) is 17.6. The summed E-state index contributed by atoms with van der Waals surface area (Å²) in [5.41, 5.74) is -2.10. The summed E-state index contributed by atoms with van der Waals surface area (Å²) in [7, 11) is 3.67. The number of nitrogens with zero attached hydrogens (tertiary/aromatic N) is 5. The highest BCUT2D eigenvalue weighted by Gasteiger charge is 2.40. The van der Waals surface area contributed by atoms with Crippen molar-refractivity contribution in [3.8, 4) is 0 Å². The third-order valence-corrected chi connectivity index (χ3v) is 8.07. The van der Waals surface area contributed by atoms with E-state index in [1.807, 2.05) is 31.0 Å². The summed E-state index contributed by atoms with van der Waals surface area (Å²) in [6, 6.07) is 1.59. The van der Waals surface area contributed by atoms with Gasteiger partial charge in [-0.25, -0.2) is 19.6 Å². The number of rotatable bonds is 12. The zero-order chi connectivity index (χ0) is 39.3. The number of nitrogens with one attached hydrogen (secondary N) is 2. The minimum Gasteiger partial charge on any atom is -0.482 e. The van der Waals surface area contributed by atoms with E-state index in [9.17, 15) is 45.9 Å². The maximum absolute atomic E-state index is 12.9. The number of allylic oxidation sites excluding steroid dienone is 2. The lowest BCUT2D eigenvalue weighted by molar-refractivity contribution is -0.143. The molecule has 3 N–H and O–H groups in total. The Kier molecular flexibility index (Phi) is 15.2. The number of aromatic nitrogens is 2. The van der Waals surface area contributed by atoms with Gasteiger partial charge in [-0.2, -0.15) is 31.2 Å². The second-order valence-corrected chi connectivity index (χ2v) is 11.7. The smallest absolute Gasteiger partial charge is 0.416 e. The highest BCUT2D eigenvalue weighted by Crippen LogP contribution is 2.37. The van der Waals surface area contributed by atoms with Crippen LogP contribution in [0.5, 0.6) is 0 Å². The molecule has 53 heavy (non-hydrogen) atoms. The SMILES string of the molecule is CCOC(=O)N1C2=CC=C(OC)N(C)C2CC[C@H]1CC.O=NCCC(O)COC(=O)Nc1cnc(NCc2cc(C(F)(F)F)cc(C(F)(F)F)c2)nc1. The molecule has 0 radical (unpaired) electrons. The van der Waals surface area contributed by atoms with Gasteiger partial charge in [-0.3, -0.25) is 10.2 Å². The van der Waals surface area contributed by atoms with Crippen LogP contribution < -0.4 is 10.6 Å². The summed E-state index contributed by atoms with van der Waals surface area (Å²) in [6.45, 7) is 3.38. The Morgan fingerprint density at radius 1 is 1.02 bits per heavy atom. The summed E-state index contributed by atoms with van der Waals surface area (Å²) in [5.74, 6) is 0.703. The Morgan fingerprint density at radius 2 is 1.66 bits per heavy atom. The average Bonchev–Trinajstić information content (AvgIpc) is 3.12. The number of piperidine rings is 1. The topological polar surface area (TPSA) is 168 Å². The van der Waals surface area contributed by atoms with E-state index in [1.165, 1.54) is 0 Å². The van der Waals surface area contributed by atoms with Gasteiger partial charge >= 0.3 is 24.5 Å². The summed E-state index contributed by atoms with van der Waals surface area (Å²) in [5, 5.41) is 16.7. The van der Waals surface area contributed by atoms with Gasteiger partial charge in [0, 0.05) is 25.3 Å². The van der Waals surface area contributed by atoms with Gasteiger partial charge in [-0.05, 0) is 68.5 Å². The second kappa shape index (κ2) is 19.1. The van der Waals surface area contributed by atoms with Gasteiger partial charge in [0.1, 0.15) is 6.61 Å². The zero-order valence-electron chi connectivity index (χ0n) is 29.3. The molecule has 2 aromatic rings. The fourth-order valence-corrected chi connectivity index (χ4v) is 5.45. The van der Waals surface area contributed by atoms with Crippen molar-refractivity contribution in [2.75, 3.05) is 44.5 Å². The fourth-order valence-electron chi connectivity index (χ4n) is 5.45. The molecule has 2 amide bonds. The number of aliphatic hydroxyl groups excluding tert-OH is 1. The van der Waals surface area contributed by atoms with Crippen molar-refractivity contribution in [1.82, 2.24) is 19.8 Å². The van der Waals surface area contributed by atoms with Crippen molar-refractivity contribution in [1.29, 1.82) is 0 Å². The number of aliphatic hydroxyl groups is 1. The van der Waals surface area contributed by atoms with Crippen molar-refractivity contribution in [3.05, 3.63) is 75.9 Å². The van der Waals surface area contributed by atoms with Gasteiger partial charge in [0.25, 0.3) is 0 Å². The number of benzene rings is 1. The quantitative estimate of drug-likeness (QED) is 0.152. The van der Waals surface area contributed by atoms with Crippen LogP contribution in [0.2, 0.25) is 0 Å². The number of ether oxygens (including phenoxy) is 3. The first-order valence-corrected chi connectivity index (χ1v) is 16.4. The Hall–Kier alpha value is -5.14. The first kappa shape index (κ1) is 42.3. The summed E-state index contributed by atoms with van der Waals surface area (Å²) in [4.78, 5) is 45.4. The van der Waals surface area contributed by atoms with Crippen molar-refractivity contribution in [2.45, 2.75) is 76.6 Å². The van der Waals surface area contributed by atoms with Crippen LogP contribution in [-0.4, -0.2) is 89.2 Å². The molecular weight excluding hydrogens is 720 g/mol. The standard InChI is InChI=1S/C18H17F6N5O4.C15H24N2O3/c19-17(20,21)11-3-10(4-12(5-11)18(22,23)24)6-25-15-26-7-13(8-27-15)29-16(31)33-9-14(30)1-2-28-32;1-5-11-7-8-12-13(17(11)15(18)20-6-2)9-10-14(19-4)16(12)3/h3-5,7-8,14,30H,1-2,6,9H2,(H,29,31)(H,25,26,27);9-12H,5-8H2,1-4H3/t;11-,12?/m.1/s1. The van der Waals surface area contributed by atoms with E-state index in [-0.39, 0.29) is 54.4 Å². The van der Waals surface area contributed by atoms with Crippen LogP contribution in [0.3, 0.4) is 0 Å². The number of methoxy groups -OCH3 is 1. The van der Waals surface area contributed by atoms with Crippen LogP contribution in [0.15, 0.2) is 59.5 Å². The van der Waals surface area contributed by atoms with Gasteiger partial charge in [-0.1, -0.05) is 12.1 Å². The molecule has 4 rings (SSSR count). The Bertz CT molecular complexity index is 1570. The number of likely N-dealkylation sites (N-methyl/N-ethyl adjacent to an activating group) is 1. The third kappa shape index (κ3) is 12.2. The van der Waals surface area contributed by atoms with E-state index in [2.05, 4.69) is 37.6 Å². The fraction of sp³-hybridized carbons (Fsp3) is 0.515. The molecule has 1 saturated heterocycles. The number of hydrogen-bond acceptors (Lipinski definition) is 12. The molecule has 0 bridgehead atoms. The maximum Gasteiger partial charge on any atom is 0.416 e. The largest absolute Gasteiger partial charge is 0.482 e. The van der Waals surface area contributed by atoms with E-state index in [0.717, 1.165) is 43.2 Å². The van der Waals surface area contributed by atoms with E-state index in [4.69, 9.17) is 14.2 Å². The molecule has 292 valence electrons. The lowest BCUT2D eigenvalue weighted by atomic mass is 9.91. The Morgan fingerprint density at radius 3 is 2.21 bits per heavy atom. The van der Waals surface area contributed by atoms with Crippen LogP contribution >= 0.6 is 0 Å². The number of nitroso groups, excluding NO2 is 1. The lowest BCUT2D eigenvalue weighted by Gasteiger charge is -2.45. The van der Waals surface area contributed by atoms with Crippen molar-refractivity contribution in [3.63, 3.8) is 0 Å². The third-order valence-electron chi connectivity index (χ3n) is 8.07. The van der Waals surface area contributed by atoms with E-state index in [0.29, 0.717) is 18.7 Å². The Labute approximate surface area is 301 Å². The van der Waals surface area contributed by atoms with Crippen LogP contribution in [0.1, 0.15) is 56.2 Å². The molecule has 2 aliphatic rings. The van der Waals surface area contributed by atoms with Gasteiger partial charge in [0.2, 0.25) is 5.95 Å². The van der Waals surface area contributed by atoms with E-state index in [1.54, 1.807) is 7.11 Å². The molecule has 14 nitrogen and oxygen atoms in total. The first-order valence-electron chi connectivity index (χ1n) is 16.4. The van der Waals surface area contributed by atoms with Crippen LogP contribution in [0.25, 0.3) is 0 Å². The summed E-state index contributed by atoms with van der Waals surface area (Å²) < 4.78 is 92.8. The van der Waals surface area contributed by atoms with Crippen molar-refractivity contribution in [2.24, 2.45) is 5.18 Å². The van der Waals surface area contributed by atoms with Gasteiger partial charge in [0.05, 0.1) is 61.6 Å². The van der Waals surface area contributed by atoms with Crippen LogP contribution in [0, 0.1) is 4.91 Å². The maximum atomic E-state index is 12.9. The molecule has 1 aromatic carbocycles. The summed E-state index contributed by atoms with van der Waals surface area (Å²) >= 11 is 0. The van der Waals surface area contributed by atoms with Crippen LogP contribution in [-0.2, 0) is 33.1 Å². The summed E-state index contributed by atoms with van der Waals surface area (Å²) in [6.07, 6.45) is -3.12. The number of likely N-dealkylation sites (tertiary alicyclic amines) is 1. The predicted molar refractivity (Wildman–Crippen MR) is 179 cm³/mol. The number of hydrogen-bond donors (Lipinski definition) is 3. The minimum absolute atomic E-state index is 0.0105. The molecule has 0 aliphatic carbocycles. The number of halogens is 6.